The number of rotatable bonds is 5. The van der Waals surface area contributed by atoms with Crippen molar-refractivity contribution in [1.82, 2.24) is 14.8 Å². The molecular formula is C20H16F3N3O2. The van der Waals surface area contributed by atoms with Crippen molar-refractivity contribution in [2.75, 3.05) is 0 Å². The van der Waals surface area contributed by atoms with Crippen LogP contribution in [0.4, 0.5) is 13.2 Å². The molecule has 2 aromatic carbocycles. The molecule has 1 N–H and O–H groups in total. The Morgan fingerprint density at radius 2 is 1.75 bits per heavy atom. The molecule has 0 unspecified atom stereocenters. The van der Waals surface area contributed by atoms with Crippen LogP contribution >= 0.6 is 0 Å². The minimum Gasteiger partial charge on any atom is -0.487 e. The second kappa shape index (κ2) is 6.95. The molecule has 0 fully saturated rings. The standard InChI is InChI=1S/C20H16F3N3O2/c1-26-19(14-3-5-16(6-4-14)28-20(21,22)23)10-15(25-26)12-27-17-7-2-13-8-9-24-18(13)11-17/h2-11,24H,12H2,1H3. The first-order valence-electron chi connectivity index (χ1n) is 8.46. The summed E-state index contributed by atoms with van der Waals surface area (Å²) in [5.74, 6) is 0.456. The second-order valence-electron chi connectivity index (χ2n) is 6.23. The first-order valence-corrected chi connectivity index (χ1v) is 8.46. The summed E-state index contributed by atoms with van der Waals surface area (Å²) in [4.78, 5) is 3.13. The van der Waals surface area contributed by atoms with Crippen LogP contribution in [0.25, 0.3) is 22.2 Å². The van der Waals surface area contributed by atoms with Crippen molar-refractivity contribution in [3.05, 3.63) is 66.5 Å². The van der Waals surface area contributed by atoms with Gasteiger partial charge in [-0.2, -0.15) is 5.10 Å². The number of hydrogen-bond donors (Lipinski definition) is 1. The average molecular weight is 387 g/mol. The van der Waals surface area contributed by atoms with Crippen molar-refractivity contribution in [2.24, 2.45) is 7.05 Å². The molecule has 0 atom stereocenters. The van der Waals surface area contributed by atoms with Crippen molar-refractivity contribution >= 4 is 10.9 Å². The van der Waals surface area contributed by atoms with Crippen molar-refractivity contribution in [1.29, 1.82) is 0 Å². The zero-order chi connectivity index (χ0) is 19.7. The molecule has 144 valence electrons. The Morgan fingerprint density at radius 3 is 2.50 bits per heavy atom. The van der Waals surface area contributed by atoms with E-state index in [-0.39, 0.29) is 12.4 Å². The Kier molecular flexibility index (Phi) is 4.46. The van der Waals surface area contributed by atoms with Gasteiger partial charge in [-0.15, -0.1) is 13.2 Å². The number of nitrogens with one attached hydrogen (secondary N) is 1. The molecule has 0 aliphatic carbocycles. The number of aromatic nitrogens is 3. The number of fused-ring (bicyclic) bond motifs is 1. The van der Waals surface area contributed by atoms with E-state index in [1.165, 1.54) is 12.1 Å². The Hall–Kier alpha value is -3.42. The zero-order valence-electron chi connectivity index (χ0n) is 14.8. The minimum absolute atomic E-state index is 0.262. The number of nitrogens with zero attached hydrogens (tertiary/aromatic N) is 2. The summed E-state index contributed by atoms with van der Waals surface area (Å²) in [6.45, 7) is 0.273. The van der Waals surface area contributed by atoms with Gasteiger partial charge in [-0.1, -0.05) is 0 Å². The maximum Gasteiger partial charge on any atom is 0.573 e. The predicted octanol–water partition coefficient (Wildman–Crippen LogP) is 5.05. The molecule has 0 aliphatic rings. The van der Waals surface area contributed by atoms with Gasteiger partial charge < -0.3 is 14.5 Å². The number of ether oxygens (including phenoxy) is 2. The van der Waals surface area contributed by atoms with E-state index >= 15 is 0 Å². The molecule has 2 aromatic heterocycles. The highest BCUT2D eigenvalue weighted by Crippen LogP contribution is 2.27. The number of H-pyrrole nitrogens is 1. The molecule has 8 heteroatoms. The van der Waals surface area contributed by atoms with Gasteiger partial charge in [-0.3, -0.25) is 4.68 Å². The van der Waals surface area contributed by atoms with Crippen LogP contribution < -0.4 is 9.47 Å². The highest BCUT2D eigenvalue weighted by molar-refractivity contribution is 5.80. The fourth-order valence-electron chi connectivity index (χ4n) is 2.97. The van der Waals surface area contributed by atoms with E-state index in [4.69, 9.17) is 4.74 Å². The van der Waals surface area contributed by atoms with Crippen LogP contribution in [0, 0.1) is 0 Å². The van der Waals surface area contributed by atoms with Crippen LogP contribution in [0.2, 0.25) is 0 Å². The van der Waals surface area contributed by atoms with Crippen LogP contribution in [-0.2, 0) is 13.7 Å². The van der Waals surface area contributed by atoms with E-state index in [0.717, 1.165) is 27.9 Å². The van der Waals surface area contributed by atoms with E-state index < -0.39 is 6.36 Å². The largest absolute Gasteiger partial charge is 0.573 e. The molecule has 0 saturated carbocycles. The molecule has 4 rings (SSSR count). The number of alkyl halides is 3. The molecule has 0 bridgehead atoms. The summed E-state index contributed by atoms with van der Waals surface area (Å²) in [5, 5.41) is 5.51. The molecule has 0 radical (unpaired) electrons. The lowest BCUT2D eigenvalue weighted by Crippen LogP contribution is -2.16. The molecule has 0 amide bonds. The van der Waals surface area contributed by atoms with Crippen molar-refractivity contribution in [2.45, 2.75) is 13.0 Å². The quantitative estimate of drug-likeness (QED) is 0.522. The topological polar surface area (TPSA) is 52.1 Å². The first-order chi connectivity index (χ1) is 13.4. The fraction of sp³-hybridized carbons (Fsp3) is 0.150. The van der Waals surface area contributed by atoms with Crippen LogP contribution in [0.1, 0.15) is 5.69 Å². The summed E-state index contributed by atoms with van der Waals surface area (Å²) in [6, 6.07) is 15.3. The highest BCUT2D eigenvalue weighted by Gasteiger charge is 2.31. The Balaban J connectivity index is 1.47. The van der Waals surface area contributed by atoms with Crippen LogP contribution in [0.5, 0.6) is 11.5 Å². The molecule has 0 spiro atoms. The number of halogens is 3. The van der Waals surface area contributed by atoms with Crippen molar-refractivity contribution in [3.8, 4) is 22.8 Å². The van der Waals surface area contributed by atoms with Crippen molar-refractivity contribution in [3.63, 3.8) is 0 Å². The molecule has 0 saturated heterocycles. The van der Waals surface area contributed by atoms with E-state index in [0.29, 0.717) is 5.69 Å². The zero-order valence-corrected chi connectivity index (χ0v) is 14.8. The number of aromatic amines is 1. The van der Waals surface area contributed by atoms with Gasteiger partial charge in [-0.05, 0) is 53.9 Å². The highest BCUT2D eigenvalue weighted by atomic mass is 19.4. The molecule has 2 heterocycles. The van der Waals surface area contributed by atoms with Crippen LogP contribution in [0.15, 0.2) is 60.8 Å². The van der Waals surface area contributed by atoms with Gasteiger partial charge in [0, 0.05) is 30.4 Å². The van der Waals surface area contributed by atoms with Crippen molar-refractivity contribution < 1.29 is 22.6 Å². The lowest BCUT2D eigenvalue weighted by atomic mass is 10.1. The van der Waals surface area contributed by atoms with Gasteiger partial charge in [0.25, 0.3) is 0 Å². The molecular weight excluding hydrogens is 371 g/mol. The monoisotopic (exact) mass is 387 g/mol. The molecule has 28 heavy (non-hydrogen) atoms. The van der Waals surface area contributed by atoms with Gasteiger partial charge in [0.15, 0.2) is 0 Å². The maximum atomic E-state index is 12.3. The minimum atomic E-state index is -4.71. The van der Waals surface area contributed by atoms with Crippen LogP contribution in [0.3, 0.4) is 0 Å². The average Bonchev–Trinajstić information content (AvgIpc) is 3.25. The lowest BCUT2D eigenvalue weighted by Gasteiger charge is -2.09. The number of benzene rings is 2. The van der Waals surface area contributed by atoms with E-state index in [2.05, 4.69) is 14.8 Å². The molecule has 5 nitrogen and oxygen atoms in total. The summed E-state index contributed by atoms with van der Waals surface area (Å²) in [5.41, 5.74) is 3.18. The Labute approximate surface area is 158 Å². The smallest absolute Gasteiger partial charge is 0.487 e. The van der Waals surface area contributed by atoms with Gasteiger partial charge in [-0.25, -0.2) is 0 Å². The number of hydrogen-bond acceptors (Lipinski definition) is 3. The maximum absolute atomic E-state index is 12.3. The first kappa shape index (κ1) is 18.0. The fourth-order valence-corrected chi connectivity index (χ4v) is 2.97. The SMILES string of the molecule is Cn1nc(COc2ccc3cc[nH]c3c2)cc1-c1ccc(OC(F)(F)F)cc1. The normalized spacial score (nSPS) is 11.7. The summed E-state index contributed by atoms with van der Waals surface area (Å²) in [6.07, 6.45) is -2.84. The Bertz CT molecular complexity index is 1100. The molecule has 0 aliphatic heterocycles. The van der Waals surface area contributed by atoms with Gasteiger partial charge in [0.05, 0.1) is 5.69 Å². The summed E-state index contributed by atoms with van der Waals surface area (Å²) in [7, 11) is 1.77. The van der Waals surface area contributed by atoms with E-state index in [1.807, 2.05) is 36.5 Å². The van der Waals surface area contributed by atoms with E-state index in [1.54, 1.807) is 23.9 Å². The third-order valence-electron chi connectivity index (χ3n) is 4.23. The summed E-state index contributed by atoms with van der Waals surface area (Å²) < 4.78 is 48.2. The Morgan fingerprint density at radius 1 is 1.00 bits per heavy atom. The van der Waals surface area contributed by atoms with Gasteiger partial charge in [0.2, 0.25) is 0 Å². The summed E-state index contributed by atoms with van der Waals surface area (Å²) >= 11 is 0. The van der Waals surface area contributed by atoms with Gasteiger partial charge >= 0.3 is 6.36 Å². The third-order valence-corrected chi connectivity index (χ3v) is 4.23. The van der Waals surface area contributed by atoms with E-state index in [9.17, 15) is 13.2 Å². The van der Waals surface area contributed by atoms with Crippen LogP contribution in [-0.4, -0.2) is 21.1 Å². The molecule has 4 aromatic rings. The lowest BCUT2D eigenvalue weighted by molar-refractivity contribution is -0.274. The predicted molar refractivity (Wildman–Crippen MR) is 98.0 cm³/mol. The third kappa shape index (κ3) is 3.95. The van der Waals surface area contributed by atoms with Gasteiger partial charge in [0.1, 0.15) is 23.8 Å². The number of aryl methyl sites for hydroxylation is 1. The second-order valence-corrected chi connectivity index (χ2v) is 6.23.